The summed E-state index contributed by atoms with van der Waals surface area (Å²) in [4.78, 5) is 0. The average Bonchev–Trinajstić information content (AvgIpc) is 2.78. The number of nitrogens with zero attached hydrogens (tertiary/aromatic N) is 3. The smallest absolute Gasteiger partial charge is 0.0830 e. The minimum atomic E-state index is 0.692. The Morgan fingerprint density at radius 1 is 1.53 bits per heavy atom. The molecule has 2 rings (SSSR count). The molecule has 0 spiro atoms. The molecular formula is C11H20N4. The van der Waals surface area contributed by atoms with Crippen molar-refractivity contribution in [1.82, 2.24) is 20.3 Å². The van der Waals surface area contributed by atoms with Crippen molar-refractivity contribution in [2.45, 2.75) is 38.6 Å². The summed E-state index contributed by atoms with van der Waals surface area (Å²) >= 11 is 0. The van der Waals surface area contributed by atoms with Gasteiger partial charge in [0.1, 0.15) is 0 Å². The van der Waals surface area contributed by atoms with Gasteiger partial charge < -0.3 is 5.32 Å². The van der Waals surface area contributed by atoms with Gasteiger partial charge in [-0.25, -0.2) is 0 Å². The maximum atomic E-state index is 4.16. The highest BCUT2D eigenvalue weighted by Crippen LogP contribution is 2.28. The highest BCUT2D eigenvalue weighted by molar-refractivity contribution is 4.97. The lowest BCUT2D eigenvalue weighted by Crippen LogP contribution is -2.33. The van der Waals surface area contributed by atoms with Crippen molar-refractivity contribution in [2.24, 2.45) is 13.0 Å². The Hall–Kier alpha value is -0.900. The van der Waals surface area contributed by atoms with E-state index in [1.54, 1.807) is 4.68 Å². The third-order valence-corrected chi connectivity index (χ3v) is 3.25. The third kappa shape index (κ3) is 2.56. The summed E-state index contributed by atoms with van der Waals surface area (Å²) < 4.78 is 1.78. The zero-order valence-corrected chi connectivity index (χ0v) is 9.61. The van der Waals surface area contributed by atoms with Gasteiger partial charge in [0.05, 0.1) is 5.69 Å². The van der Waals surface area contributed by atoms with E-state index < -0.39 is 0 Å². The molecule has 4 nitrogen and oxygen atoms in total. The second-order valence-corrected chi connectivity index (χ2v) is 4.44. The maximum Gasteiger partial charge on any atom is 0.0830 e. The predicted molar refractivity (Wildman–Crippen MR) is 59.5 cm³/mol. The van der Waals surface area contributed by atoms with E-state index in [1.165, 1.54) is 19.3 Å². The number of nitrogens with one attached hydrogen (secondary N) is 1. The molecule has 0 bridgehead atoms. The molecule has 1 aromatic rings. The van der Waals surface area contributed by atoms with E-state index in [-0.39, 0.29) is 0 Å². The van der Waals surface area contributed by atoms with Gasteiger partial charge in [-0.15, -0.1) is 5.10 Å². The molecule has 2 atom stereocenters. The monoisotopic (exact) mass is 208 g/mol. The van der Waals surface area contributed by atoms with Gasteiger partial charge in [0, 0.05) is 19.3 Å². The van der Waals surface area contributed by atoms with Crippen molar-refractivity contribution < 1.29 is 0 Å². The van der Waals surface area contributed by atoms with Crippen LogP contribution in [0.1, 0.15) is 31.9 Å². The van der Waals surface area contributed by atoms with E-state index >= 15 is 0 Å². The van der Waals surface area contributed by atoms with Crippen LogP contribution >= 0.6 is 0 Å². The number of aromatic nitrogens is 3. The Balaban J connectivity index is 1.93. The van der Waals surface area contributed by atoms with E-state index in [2.05, 4.69) is 22.6 Å². The Morgan fingerprint density at radius 2 is 2.40 bits per heavy atom. The quantitative estimate of drug-likeness (QED) is 0.806. The van der Waals surface area contributed by atoms with Gasteiger partial charge in [0.25, 0.3) is 0 Å². The number of hydrogen-bond donors (Lipinski definition) is 1. The second kappa shape index (κ2) is 4.75. The van der Waals surface area contributed by atoms with Crippen molar-refractivity contribution in [3.05, 3.63) is 11.9 Å². The first-order valence-corrected chi connectivity index (χ1v) is 5.88. The van der Waals surface area contributed by atoms with Crippen LogP contribution in [0, 0.1) is 5.92 Å². The van der Waals surface area contributed by atoms with Crippen molar-refractivity contribution in [3.8, 4) is 0 Å². The van der Waals surface area contributed by atoms with Crippen molar-refractivity contribution >= 4 is 0 Å². The average molecular weight is 208 g/mol. The first-order valence-electron chi connectivity index (χ1n) is 5.88. The first-order chi connectivity index (χ1) is 7.29. The lowest BCUT2D eigenvalue weighted by Gasteiger charge is -2.18. The Kier molecular flexibility index (Phi) is 3.36. The molecule has 0 saturated heterocycles. The molecule has 1 aliphatic carbocycles. The van der Waals surface area contributed by atoms with Crippen LogP contribution in [0.3, 0.4) is 0 Å². The standard InChI is InChI=1S/C11H20N4/c1-3-12-11-6-4-5-9(11)7-10-8-15(2)14-13-10/h8-9,11-12H,3-7H2,1-2H3. The van der Waals surface area contributed by atoms with Crippen molar-refractivity contribution in [1.29, 1.82) is 0 Å². The Morgan fingerprint density at radius 3 is 3.07 bits per heavy atom. The largest absolute Gasteiger partial charge is 0.314 e. The van der Waals surface area contributed by atoms with Crippen molar-refractivity contribution in [2.75, 3.05) is 6.54 Å². The van der Waals surface area contributed by atoms with Crippen LogP contribution in [-0.2, 0) is 13.5 Å². The minimum Gasteiger partial charge on any atom is -0.314 e. The zero-order valence-electron chi connectivity index (χ0n) is 9.61. The van der Waals surface area contributed by atoms with Gasteiger partial charge in [-0.2, -0.15) is 0 Å². The SMILES string of the molecule is CCNC1CCCC1Cc1cn(C)nn1. The third-order valence-electron chi connectivity index (χ3n) is 3.25. The fourth-order valence-electron chi connectivity index (χ4n) is 2.57. The highest BCUT2D eigenvalue weighted by atomic mass is 15.4. The van der Waals surface area contributed by atoms with Crippen LogP contribution in [0.15, 0.2) is 6.20 Å². The zero-order chi connectivity index (χ0) is 10.7. The molecule has 1 heterocycles. The number of aryl methyl sites for hydroxylation is 1. The topological polar surface area (TPSA) is 42.7 Å². The minimum absolute atomic E-state index is 0.692. The molecule has 1 N–H and O–H groups in total. The summed E-state index contributed by atoms with van der Waals surface area (Å²) in [5.41, 5.74) is 1.13. The molecule has 15 heavy (non-hydrogen) atoms. The fourth-order valence-corrected chi connectivity index (χ4v) is 2.57. The Bertz CT molecular complexity index is 307. The molecule has 1 saturated carbocycles. The maximum absolute atomic E-state index is 4.16. The summed E-state index contributed by atoms with van der Waals surface area (Å²) in [7, 11) is 1.92. The van der Waals surface area contributed by atoms with Crippen LogP contribution in [0.4, 0.5) is 0 Å². The molecule has 1 aliphatic rings. The summed E-state index contributed by atoms with van der Waals surface area (Å²) in [6.45, 7) is 3.25. The Labute approximate surface area is 91.1 Å². The lowest BCUT2D eigenvalue weighted by molar-refractivity contribution is 0.403. The lowest BCUT2D eigenvalue weighted by atomic mass is 9.98. The van der Waals surface area contributed by atoms with Gasteiger partial charge in [-0.05, 0) is 31.7 Å². The normalized spacial score (nSPS) is 26.0. The van der Waals surface area contributed by atoms with Crippen LogP contribution in [-0.4, -0.2) is 27.6 Å². The van der Waals surface area contributed by atoms with Crippen LogP contribution in [0.2, 0.25) is 0 Å². The summed E-state index contributed by atoms with van der Waals surface area (Å²) in [6.07, 6.45) is 7.10. The number of hydrogen-bond acceptors (Lipinski definition) is 3. The molecule has 0 aliphatic heterocycles. The van der Waals surface area contributed by atoms with Crippen LogP contribution in [0.25, 0.3) is 0 Å². The molecule has 2 unspecified atom stereocenters. The van der Waals surface area contributed by atoms with E-state index in [9.17, 15) is 0 Å². The van der Waals surface area contributed by atoms with E-state index in [0.29, 0.717) is 6.04 Å². The molecule has 1 fully saturated rings. The summed E-state index contributed by atoms with van der Waals surface area (Å²) in [6, 6.07) is 0.692. The first kappa shape index (κ1) is 10.6. The molecule has 0 radical (unpaired) electrons. The molecule has 4 heteroatoms. The van der Waals surface area contributed by atoms with Gasteiger partial charge >= 0.3 is 0 Å². The summed E-state index contributed by atoms with van der Waals surface area (Å²) in [5, 5.41) is 11.7. The van der Waals surface area contributed by atoms with E-state index in [4.69, 9.17) is 0 Å². The number of rotatable bonds is 4. The molecule has 0 amide bonds. The van der Waals surface area contributed by atoms with Crippen LogP contribution in [0.5, 0.6) is 0 Å². The molecular weight excluding hydrogens is 188 g/mol. The van der Waals surface area contributed by atoms with Gasteiger partial charge in [-0.1, -0.05) is 18.6 Å². The fraction of sp³-hybridized carbons (Fsp3) is 0.818. The van der Waals surface area contributed by atoms with Crippen LogP contribution < -0.4 is 5.32 Å². The predicted octanol–water partition coefficient (Wildman–Crippen LogP) is 1.14. The van der Waals surface area contributed by atoms with Crippen molar-refractivity contribution in [3.63, 3.8) is 0 Å². The van der Waals surface area contributed by atoms with Gasteiger partial charge in [-0.3, -0.25) is 4.68 Å². The highest BCUT2D eigenvalue weighted by Gasteiger charge is 2.27. The summed E-state index contributed by atoms with van der Waals surface area (Å²) in [5.74, 6) is 0.752. The molecule has 84 valence electrons. The van der Waals surface area contributed by atoms with E-state index in [1.807, 2.05) is 13.2 Å². The van der Waals surface area contributed by atoms with E-state index in [0.717, 1.165) is 24.6 Å². The second-order valence-electron chi connectivity index (χ2n) is 4.44. The molecule has 0 aromatic carbocycles. The van der Waals surface area contributed by atoms with Gasteiger partial charge in [0.2, 0.25) is 0 Å². The molecule has 1 aromatic heterocycles. The van der Waals surface area contributed by atoms with Gasteiger partial charge in [0.15, 0.2) is 0 Å².